The Hall–Kier alpha value is -1.55. The van der Waals surface area contributed by atoms with E-state index in [0.717, 1.165) is 25.9 Å². The first kappa shape index (κ1) is 11.0. The van der Waals surface area contributed by atoms with Crippen LogP contribution in [0.1, 0.15) is 11.1 Å². The van der Waals surface area contributed by atoms with E-state index in [4.69, 9.17) is 10.9 Å². The lowest BCUT2D eigenvalue weighted by Gasteiger charge is -2.18. The number of hydrogen-bond donors (Lipinski definition) is 2. The topological polar surface area (TPSA) is 61.8 Å². The average molecular weight is 219 g/mol. The van der Waals surface area contributed by atoms with Crippen LogP contribution >= 0.6 is 0 Å². The van der Waals surface area contributed by atoms with Crippen molar-refractivity contribution in [2.75, 3.05) is 19.6 Å². The highest BCUT2D eigenvalue weighted by Crippen LogP contribution is 2.15. The Kier molecular flexibility index (Phi) is 3.41. The molecule has 0 unspecified atom stereocenters. The van der Waals surface area contributed by atoms with Crippen molar-refractivity contribution in [3.05, 3.63) is 35.4 Å². The average Bonchev–Trinajstić information content (AvgIpc) is 2.52. The summed E-state index contributed by atoms with van der Waals surface area (Å²) >= 11 is 0. The number of nitrogens with two attached hydrogens (primary N) is 1. The number of oxime groups is 1. The summed E-state index contributed by atoms with van der Waals surface area (Å²) in [7, 11) is 0. The monoisotopic (exact) mass is 219 g/mol. The van der Waals surface area contributed by atoms with Crippen LogP contribution in [-0.2, 0) is 12.8 Å². The molecule has 0 aliphatic carbocycles. The van der Waals surface area contributed by atoms with Crippen molar-refractivity contribution in [1.82, 2.24) is 4.90 Å². The molecule has 4 heteroatoms. The van der Waals surface area contributed by atoms with Crippen molar-refractivity contribution in [2.24, 2.45) is 10.9 Å². The van der Waals surface area contributed by atoms with Crippen molar-refractivity contribution < 1.29 is 5.21 Å². The van der Waals surface area contributed by atoms with E-state index < -0.39 is 0 Å². The van der Waals surface area contributed by atoms with Crippen LogP contribution in [0, 0.1) is 0 Å². The van der Waals surface area contributed by atoms with Crippen LogP contribution in [0.2, 0.25) is 0 Å². The molecular weight excluding hydrogens is 202 g/mol. The zero-order valence-electron chi connectivity index (χ0n) is 9.26. The normalized spacial score (nSPS) is 17.9. The first-order valence-electron chi connectivity index (χ1n) is 5.55. The van der Waals surface area contributed by atoms with Gasteiger partial charge in [0.25, 0.3) is 0 Å². The minimum atomic E-state index is 0.283. The minimum absolute atomic E-state index is 0.283. The van der Waals surface area contributed by atoms with Gasteiger partial charge in [-0.1, -0.05) is 29.4 Å². The van der Waals surface area contributed by atoms with Crippen molar-refractivity contribution in [3.63, 3.8) is 0 Å². The van der Waals surface area contributed by atoms with E-state index in [9.17, 15) is 0 Å². The van der Waals surface area contributed by atoms with Gasteiger partial charge in [0.2, 0.25) is 0 Å². The molecule has 0 saturated carbocycles. The summed E-state index contributed by atoms with van der Waals surface area (Å²) in [6.45, 7) is 2.48. The fraction of sp³-hybridized carbons (Fsp3) is 0.417. The maximum absolute atomic E-state index is 8.55. The van der Waals surface area contributed by atoms with Crippen molar-refractivity contribution in [1.29, 1.82) is 0 Å². The number of hydrogen-bond acceptors (Lipinski definition) is 3. The number of rotatable bonds is 2. The molecule has 4 nitrogen and oxygen atoms in total. The summed E-state index contributed by atoms with van der Waals surface area (Å²) in [6, 6.07) is 8.53. The number of nitrogens with zero attached hydrogens (tertiary/aromatic N) is 2. The summed E-state index contributed by atoms with van der Waals surface area (Å²) in [5.74, 6) is 0.283. The summed E-state index contributed by atoms with van der Waals surface area (Å²) in [5.41, 5.74) is 8.36. The fourth-order valence-electron chi connectivity index (χ4n) is 2.13. The molecule has 0 aromatic heterocycles. The Morgan fingerprint density at radius 1 is 1.25 bits per heavy atom. The second-order valence-corrected chi connectivity index (χ2v) is 4.14. The Bertz CT molecular complexity index is 363. The van der Waals surface area contributed by atoms with Crippen molar-refractivity contribution in [2.45, 2.75) is 12.8 Å². The molecule has 16 heavy (non-hydrogen) atoms. The van der Waals surface area contributed by atoms with E-state index in [1.807, 2.05) is 0 Å². The number of amidine groups is 1. The summed E-state index contributed by atoms with van der Waals surface area (Å²) in [5, 5.41) is 11.6. The van der Waals surface area contributed by atoms with Crippen molar-refractivity contribution in [3.8, 4) is 0 Å². The fourth-order valence-corrected chi connectivity index (χ4v) is 2.13. The van der Waals surface area contributed by atoms with E-state index in [-0.39, 0.29) is 5.84 Å². The van der Waals surface area contributed by atoms with Crippen LogP contribution in [0.15, 0.2) is 29.4 Å². The number of benzene rings is 1. The second-order valence-electron chi connectivity index (χ2n) is 4.14. The van der Waals surface area contributed by atoms with Gasteiger partial charge in [-0.05, 0) is 24.0 Å². The summed E-state index contributed by atoms with van der Waals surface area (Å²) < 4.78 is 0. The molecule has 1 aliphatic rings. The first-order chi connectivity index (χ1) is 7.79. The van der Waals surface area contributed by atoms with Crippen LogP contribution in [0.25, 0.3) is 0 Å². The molecule has 0 bridgehead atoms. The standard InChI is InChI=1S/C12H17N3O/c13-12(14-16)9-15-7-5-10-3-1-2-4-11(10)6-8-15/h1-4,16H,5-9H2,(H2,13,14). The molecule has 0 fully saturated rings. The molecule has 0 amide bonds. The van der Waals surface area contributed by atoms with Gasteiger partial charge in [0, 0.05) is 13.1 Å². The van der Waals surface area contributed by atoms with Crippen LogP contribution in [0.5, 0.6) is 0 Å². The first-order valence-corrected chi connectivity index (χ1v) is 5.55. The van der Waals surface area contributed by atoms with Crippen LogP contribution in [-0.4, -0.2) is 35.6 Å². The van der Waals surface area contributed by atoms with Gasteiger partial charge < -0.3 is 10.9 Å². The van der Waals surface area contributed by atoms with Crippen LogP contribution in [0.3, 0.4) is 0 Å². The molecule has 1 aromatic rings. The molecule has 0 saturated heterocycles. The summed E-state index contributed by atoms with van der Waals surface area (Å²) in [6.07, 6.45) is 2.07. The lowest BCUT2D eigenvalue weighted by atomic mass is 10.0. The Morgan fingerprint density at radius 3 is 2.31 bits per heavy atom. The molecule has 86 valence electrons. The SMILES string of the molecule is NC(CN1CCc2ccccc2CC1)=NO. The lowest BCUT2D eigenvalue weighted by Crippen LogP contribution is -2.35. The Morgan fingerprint density at radius 2 is 1.81 bits per heavy atom. The largest absolute Gasteiger partial charge is 0.409 e. The molecule has 1 heterocycles. The second kappa shape index (κ2) is 4.99. The predicted molar refractivity (Wildman–Crippen MR) is 63.7 cm³/mol. The highest BCUT2D eigenvalue weighted by molar-refractivity contribution is 5.81. The van der Waals surface area contributed by atoms with Gasteiger partial charge in [-0.15, -0.1) is 0 Å². The zero-order valence-corrected chi connectivity index (χ0v) is 9.26. The van der Waals surface area contributed by atoms with E-state index in [1.54, 1.807) is 0 Å². The van der Waals surface area contributed by atoms with Gasteiger partial charge in [-0.25, -0.2) is 0 Å². The van der Waals surface area contributed by atoms with E-state index >= 15 is 0 Å². The summed E-state index contributed by atoms with van der Waals surface area (Å²) in [4.78, 5) is 2.22. The molecular formula is C12H17N3O. The Labute approximate surface area is 95.4 Å². The van der Waals surface area contributed by atoms with Crippen molar-refractivity contribution >= 4 is 5.84 Å². The maximum Gasteiger partial charge on any atom is 0.153 e. The molecule has 0 atom stereocenters. The van der Waals surface area contributed by atoms with Crippen LogP contribution < -0.4 is 5.73 Å². The molecule has 2 rings (SSSR count). The van der Waals surface area contributed by atoms with E-state index in [2.05, 4.69) is 34.3 Å². The molecule has 1 aliphatic heterocycles. The quantitative estimate of drug-likeness (QED) is 0.335. The van der Waals surface area contributed by atoms with E-state index in [0.29, 0.717) is 6.54 Å². The molecule has 1 aromatic carbocycles. The van der Waals surface area contributed by atoms with E-state index in [1.165, 1.54) is 11.1 Å². The Balaban J connectivity index is 2.02. The van der Waals surface area contributed by atoms with Gasteiger partial charge in [-0.3, -0.25) is 4.90 Å². The third-order valence-electron chi connectivity index (χ3n) is 3.03. The minimum Gasteiger partial charge on any atom is -0.409 e. The third-order valence-corrected chi connectivity index (χ3v) is 3.03. The van der Waals surface area contributed by atoms with Gasteiger partial charge in [-0.2, -0.15) is 0 Å². The van der Waals surface area contributed by atoms with Gasteiger partial charge in [0.05, 0.1) is 6.54 Å². The van der Waals surface area contributed by atoms with Crippen LogP contribution in [0.4, 0.5) is 0 Å². The molecule has 0 radical (unpaired) electrons. The maximum atomic E-state index is 8.55. The van der Waals surface area contributed by atoms with Gasteiger partial charge in [0.15, 0.2) is 5.84 Å². The highest BCUT2D eigenvalue weighted by Gasteiger charge is 2.14. The van der Waals surface area contributed by atoms with Gasteiger partial charge in [0.1, 0.15) is 0 Å². The van der Waals surface area contributed by atoms with Gasteiger partial charge >= 0.3 is 0 Å². The molecule has 0 spiro atoms. The predicted octanol–water partition coefficient (Wildman–Crippen LogP) is 0.834. The third kappa shape index (κ3) is 2.52. The number of fused-ring (bicyclic) bond motifs is 1. The smallest absolute Gasteiger partial charge is 0.153 e. The highest BCUT2D eigenvalue weighted by atomic mass is 16.4. The molecule has 3 N–H and O–H groups in total. The zero-order chi connectivity index (χ0) is 11.4. The lowest BCUT2D eigenvalue weighted by molar-refractivity contribution is 0.298.